The molecule has 0 fully saturated rings. The monoisotopic (exact) mass is 316 g/mol. The minimum Gasteiger partial charge on any atom is -0.473 e. The number of ether oxygens (including phenoxy) is 1. The zero-order valence-electron chi connectivity index (χ0n) is 13.2. The van der Waals surface area contributed by atoms with E-state index in [4.69, 9.17) is 10.00 Å². The van der Waals surface area contributed by atoms with Gasteiger partial charge in [0.15, 0.2) is 0 Å². The molecule has 24 heavy (non-hydrogen) atoms. The molecule has 0 spiro atoms. The molecule has 0 saturated heterocycles. The summed E-state index contributed by atoms with van der Waals surface area (Å²) in [6.45, 7) is 2.50. The Morgan fingerprint density at radius 1 is 1.04 bits per heavy atom. The lowest BCUT2D eigenvalue weighted by molar-refractivity contribution is 0.294. The van der Waals surface area contributed by atoms with Crippen molar-refractivity contribution in [2.75, 3.05) is 5.32 Å². The van der Waals surface area contributed by atoms with Crippen LogP contribution in [0.1, 0.15) is 16.7 Å². The molecular formula is C19H16N4O. The first-order chi connectivity index (χ1) is 11.7. The van der Waals surface area contributed by atoms with Crippen molar-refractivity contribution in [3.8, 4) is 11.9 Å². The number of hydrogen-bond donors (Lipinski definition) is 1. The number of nitrogens with one attached hydrogen (secondary N) is 1. The van der Waals surface area contributed by atoms with Crippen molar-refractivity contribution in [1.82, 2.24) is 9.97 Å². The van der Waals surface area contributed by atoms with Crippen LogP contribution in [0.5, 0.6) is 5.88 Å². The highest BCUT2D eigenvalue weighted by Gasteiger charge is 2.02. The van der Waals surface area contributed by atoms with E-state index in [1.807, 2.05) is 24.3 Å². The standard InChI is InChI=1S/C19H16N4O/c1-14-2-4-16(5-3-14)13-24-18-10-11-21-19(23-18)22-17-8-6-15(12-20)7-9-17/h2-11H,13H2,1H3,(H,21,22,23). The predicted molar refractivity (Wildman–Crippen MR) is 92.0 cm³/mol. The van der Waals surface area contributed by atoms with Crippen molar-refractivity contribution in [3.63, 3.8) is 0 Å². The largest absolute Gasteiger partial charge is 0.473 e. The summed E-state index contributed by atoms with van der Waals surface area (Å²) in [5, 5.41) is 11.9. The number of hydrogen-bond acceptors (Lipinski definition) is 5. The van der Waals surface area contributed by atoms with Crippen LogP contribution in [0, 0.1) is 18.3 Å². The lowest BCUT2D eigenvalue weighted by Crippen LogP contribution is -2.01. The van der Waals surface area contributed by atoms with Gasteiger partial charge in [0, 0.05) is 18.0 Å². The van der Waals surface area contributed by atoms with Gasteiger partial charge in [0.1, 0.15) is 6.61 Å². The smallest absolute Gasteiger partial charge is 0.230 e. The first kappa shape index (κ1) is 15.5. The van der Waals surface area contributed by atoms with Gasteiger partial charge >= 0.3 is 0 Å². The van der Waals surface area contributed by atoms with Gasteiger partial charge in [0.05, 0.1) is 11.6 Å². The average Bonchev–Trinajstić information content (AvgIpc) is 2.62. The van der Waals surface area contributed by atoms with Crippen molar-refractivity contribution in [2.24, 2.45) is 0 Å². The SMILES string of the molecule is Cc1ccc(COc2ccnc(Nc3ccc(C#N)cc3)n2)cc1. The van der Waals surface area contributed by atoms with Gasteiger partial charge in [-0.05, 0) is 36.8 Å². The molecular weight excluding hydrogens is 300 g/mol. The van der Waals surface area contributed by atoms with Crippen molar-refractivity contribution in [1.29, 1.82) is 5.26 Å². The van der Waals surface area contributed by atoms with Crippen LogP contribution in [0.15, 0.2) is 60.8 Å². The summed E-state index contributed by atoms with van der Waals surface area (Å²) < 4.78 is 5.71. The molecule has 3 rings (SSSR count). The van der Waals surface area contributed by atoms with Crippen LogP contribution in [0.2, 0.25) is 0 Å². The first-order valence-electron chi connectivity index (χ1n) is 7.51. The highest BCUT2D eigenvalue weighted by molar-refractivity contribution is 5.54. The molecule has 0 aliphatic rings. The summed E-state index contributed by atoms with van der Waals surface area (Å²) >= 11 is 0. The molecule has 5 nitrogen and oxygen atoms in total. The van der Waals surface area contributed by atoms with E-state index in [0.29, 0.717) is 24.0 Å². The Morgan fingerprint density at radius 2 is 1.79 bits per heavy atom. The number of benzene rings is 2. The molecule has 1 aromatic heterocycles. The summed E-state index contributed by atoms with van der Waals surface area (Å²) in [6.07, 6.45) is 1.64. The number of nitrogens with zero attached hydrogens (tertiary/aromatic N) is 3. The summed E-state index contributed by atoms with van der Waals surface area (Å²) in [6, 6.07) is 19.1. The van der Waals surface area contributed by atoms with Crippen molar-refractivity contribution in [2.45, 2.75) is 13.5 Å². The van der Waals surface area contributed by atoms with E-state index >= 15 is 0 Å². The quantitative estimate of drug-likeness (QED) is 0.771. The van der Waals surface area contributed by atoms with E-state index in [9.17, 15) is 0 Å². The number of aromatic nitrogens is 2. The summed E-state index contributed by atoms with van der Waals surface area (Å²) in [5.74, 6) is 0.947. The van der Waals surface area contributed by atoms with Crippen molar-refractivity contribution >= 4 is 11.6 Å². The molecule has 0 radical (unpaired) electrons. The van der Waals surface area contributed by atoms with Crippen LogP contribution in [-0.2, 0) is 6.61 Å². The Kier molecular flexibility index (Phi) is 4.68. The van der Waals surface area contributed by atoms with Crippen LogP contribution in [0.25, 0.3) is 0 Å². The highest BCUT2D eigenvalue weighted by Crippen LogP contribution is 2.16. The Bertz CT molecular complexity index is 852. The van der Waals surface area contributed by atoms with E-state index in [-0.39, 0.29) is 0 Å². The fourth-order valence-electron chi connectivity index (χ4n) is 2.08. The molecule has 0 unspecified atom stereocenters. The van der Waals surface area contributed by atoms with Gasteiger partial charge in [-0.25, -0.2) is 4.98 Å². The molecule has 0 bridgehead atoms. The zero-order chi connectivity index (χ0) is 16.8. The number of rotatable bonds is 5. The third kappa shape index (κ3) is 4.08. The Hall–Kier alpha value is -3.39. The summed E-state index contributed by atoms with van der Waals surface area (Å²) in [7, 11) is 0. The molecule has 2 aromatic carbocycles. The molecule has 0 atom stereocenters. The molecule has 0 amide bonds. The number of aryl methyl sites for hydroxylation is 1. The minimum atomic E-state index is 0.445. The maximum atomic E-state index is 8.81. The predicted octanol–water partition coefficient (Wildman–Crippen LogP) is 3.98. The van der Waals surface area contributed by atoms with E-state index in [1.54, 1.807) is 24.4 Å². The highest BCUT2D eigenvalue weighted by atomic mass is 16.5. The third-order valence-corrected chi connectivity index (χ3v) is 3.41. The fourth-order valence-corrected chi connectivity index (χ4v) is 2.08. The molecule has 0 saturated carbocycles. The zero-order valence-corrected chi connectivity index (χ0v) is 13.2. The van der Waals surface area contributed by atoms with Gasteiger partial charge in [-0.15, -0.1) is 0 Å². The third-order valence-electron chi connectivity index (χ3n) is 3.41. The van der Waals surface area contributed by atoms with Crippen LogP contribution >= 0.6 is 0 Å². The van der Waals surface area contributed by atoms with E-state index in [2.05, 4.69) is 40.4 Å². The van der Waals surface area contributed by atoms with Gasteiger partial charge in [0.2, 0.25) is 11.8 Å². The van der Waals surface area contributed by atoms with Gasteiger partial charge in [-0.2, -0.15) is 10.2 Å². The lowest BCUT2D eigenvalue weighted by Gasteiger charge is -2.08. The second-order valence-electron chi connectivity index (χ2n) is 5.31. The van der Waals surface area contributed by atoms with E-state index in [1.165, 1.54) is 5.56 Å². The molecule has 1 heterocycles. The van der Waals surface area contributed by atoms with Crippen LogP contribution in [-0.4, -0.2) is 9.97 Å². The Balaban J connectivity index is 1.65. The lowest BCUT2D eigenvalue weighted by atomic mass is 10.2. The average molecular weight is 316 g/mol. The molecule has 0 aliphatic carbocycles. The second-order valence-corrected chi connectivity index (χ2v) is 5.31. The molecule has 0 aliphatic heterocycles. The minimum absolute atomic E-state index is 0.445. The molecule has 5 heteroatoms. The van der Waals surface area contributed by atoms with Gasteiger partial charge in [-0.3, -0.25) is 0 Å². The maximum absolute atomic E-state index is 8.81. The first-order valence-corrected chi connectivity index (χ1v) is 7.51. The van der Waals surface area contributed by atoms with Crippen molar-refractivity contribution in [3.05, 3.63) is 77.5 Å². The van der Waals surface area contributed by atoms with E-state index in [0.717, 1.165) is 11.3 Å². The van der Waals surface area contributed by atoms with Gasteiger partial charge < -0.3 is 10.1 Å². The molecule has 118 valence electrons. The fraction of sp³-hybridized carbons (Fsp3) is 0.105. The molecule has 1 N–H and O–H groups in total. The van der Waals surface area contributed by atoms with Crippen molar-refractivity contribution < 1.29 is 4.74 Å². The van der Waals surface area contributed by atoms with Gasteiger partial charge in [0.25, 0.3) is 0 Å². The Morgan fingerprint density at radius 3 is 2.50 bits per heavy atom. The van der Waals surface area contributed by atoms with Crippen LogP contribution in [0.3, 0.4) is 0 Å². The number of nitriles is 1. The second kappa shape index (κ2) is 7.25. The number of anilines is 2. The van der Waals surface area contributed by atoms with Crippen LogP contribution < -0.4 is 10.1 Å². The Labute approximate surface area is 140 Å². The molecule has 3 aromatic rings. The topological polar surface area (TPSA) is 70.8 Å². The summed E-state index contributed by atoms with van der Waals surface area (Å²) in [5.41, 5.74) is 3.72. The van der Waals surface area contributed by atoms with E-state index < -0.39 is 0 Å². The van der Waals surface area contributed by atoms with Gasteiger partial charge in [-0.1, -0.05) is 29.8 Å². The summed E-state index contributed by atoms with van der Waals surface area (Å²) in [4.78, 5) is 8.51. The van der Waals surface area contributed by atoms with Crippen LogP contribution in [0.4, 0.5) is 11.6 Å². The normalized spacial score (nSPS) is 10.0. The maximum Gasteiger partial charge on any atom is 0.230 e.